The summed E-state index contributed by atoms with van der Waals surface area (Å²) in [6, 6.07) is 1.36. The summed E-state index contributed by atoms with van der Waals surface area (Å²) in [5, 5.41) is 1.71. The topological polar surface area (TPSA) is 66.5 Å². The molecule has 20 heavy (non-hydrogen) atoms. The summed E-state index contributed by atoms with van der Waals surface area (Å²) < 4.78 is 39.6. The van der Waals surface area contributed by atoms with Crippen LogP contribution in [0.5, 0.6) is 0 Å². The molecule has 1 aromatic carbocycles. The predicted octanol–water partition coefficient (Wildman–Crippen LogP) is 1.64. The lowest BCUT2D eigenvalue weighted by atomic mass is 10.2. The molecule has 1 heterocycles. The number of nitrogens with zero attached hydrogens (tertiary/aromatic N) is 1. The van der Waals surface area contributed by atoms with E-state index in [4.69, 9.17) is 23.2 Å². The summed E-state index contributed by atoms with van der Waals surface area (Å²) in [5.74, 6) is -1.41. The van der Waals surface area contributed by atoms with Gasteiger partial charge in [0.05, 0.1) is 10.0 Å². The highest BCUT2D eigenvalue weighted by Gasteiger charge is 2.37. The van der Waals surface area contributed by atoms with Gasteiger partial charge in [0.15, 0.2) is 5.82 Å². The van der Waals surface area contributed by atoms with E-state index >= 15 is 0 Å². The summed E-state index contributed by atoms with van der Waals surface area (Å²) in [6.45, 7) is 1.73. The molecule has 1 atom stereocenters. The first-order valence-corrected chi connectivity index (χ1v) is 7.89. The number of nitrogens with one attached hydrogen (secondary N) is 1. The molecular formula is C11H11Cl2FN2O3S. The van der Waals surface area contributed by atoms with E-state index < -0.39 is 37.7 Å². The second-order valence-corrected chi connectivity index (χ2v) is 6.90. The zero-order chi connectivity index (χ0) is 15.1. The first kappa shape index (κ1) is 15.5. The fourth-order valence-electron chi connectivity index (χ4n) is 1.92. The average molecular weight is 341 g/mol. The second kappa shape index (κ2) is 5.48. The number of hydrogen-bond acceptors (Lipinski definition) is 3. The number of rotatable bonds is 2. The van der Waals surface area contributed by atoms with Gasteiger partial charge >= 0.3 is 0 Å². The molecule has 1 aliphatic rings. The Hall–Kier alpha value is -0.890. The Morgan fingerprint density at radius 2 is 2.05 bits per heavy atom. The average Bonchev–Trinajstić information content (AvgIpc) is 2.38. The second-order valence-electron chi connectivity index (χ2n) is 4.26. The van der Waals surface area contributed by atoms with Crippen molar-refractivity contribution in [1.82, 2.24) is 9.62 Å². The normalized spacial score (nSPS) is 20.8. The maximum absolute atomic E-state index is 13.6. The van der Waals surface area contributed by atoms with Crippen molar-refractivity contribution in [2.75, 3.05) is 13.1 Å². The highest BCUT2D eigenvalue weighted by atomic mass is 35.5. The highest BCUT2D eigenvalue weighted by Crippen LogP contribution is 2.32. The maximum Gasteiger partial charge on any atom is 0.245 e. The van der Waals surface area contributed by atoms with Crippen LogP contribution in [0.1, 0.15) is 6.92 Å². The zero-order valence-corrected chi connectivity index (χ0v) is 12.7. The molecule has 1 aromatic rings. The monoisotopic (exact) mass is 340 g/mol. The van der Waals surface area contributed by atoms with Gasteiger partial charge in [0.2, 0.25) is 15.9 Å². The van der Waals surface area contributed by atoms with Crippen LogP contribution in [0.15, 0.2) is 17.0 Å². The van der Waals surface area contributed by atoms with E-state index in [1.165, 1.54) is 6.92 Å². The van der Waals surface area contributed by atoms with Gasteiger partial charge in [0.25, 0.3) is 0 Å². The van der Waals surface area contributed by atoms with Gasteiger partial charge in [-0.1, -0.05) is 23.2 Å². The third-order valence-corrected chi connectivity index (χ3v) is 5.81. The number of carbonyl (C=O) groups excluding carboxylic acids is 1. The van der Waals surface area contributed by atoms with E-state index in [1.54, 1.807) is 0 Å². The fraction of sp³-hybridized carbons (Fsp3) is 0.364. The van der Waals surface area contributed by atoms with Crippen molar-refractivity contribution >= 4 is 39.1 Å². The van der Waals surface area contributed by atoms with E-state index in [1.807, 2.05) is 0 Å². The van der Waals surface area contributed by atoms with Crippen LogP contribution in [0, 0.1) is 5.82 Å². The summed E-state index contributed by atoms with van der Waals surface area (Å²) in [5.41, 5.74) is 0. The Bertz CT molecular complexity index is 666. The molecule has 1 saturated heterocycles. The maximum atomic E-state index is 13.6. The number of benzene rings is 1. The molecule has 1 fully saturated rings. The number of piperazine rings is 1. The number of carbonyl (C=O) groups is 1. The molecule has 1 amide bonds. The lowest BCUT2D eigenvalue weighted by molar-refractivity contribution is -0.126. The minimum Gasteiger partial charge on any atom is -0.353 e. The Morgan fingerprint density at radius 3 is 2.70 bits per heavy atom. The van der Waals surface area contributed by atoms with Gasteiger partial charge in [-0.05, 0) is 19.1 Å². The molecule has 0 bridgehead atoms. The smallest absolute Gasteiger partial charge is 0.245 e. The summed E-state index contributed by atoms with van der Waals surface area (Å²) in [4.78, 5) is 11.1. The minimum absolute atomic E-state index is 0.0931. The van der Waals surface area contributed by atoms with Gasteiger partial charge in [-0.2, -0.15) is 4.31 Å². The zero-order valence-electron chi connectivity index (χ0n) is 10.4. The van der Waals surface area contributed by atoms with Crippen molar-refractivity contribution in [3.63, 3.8) is 0 Å². The molecule has 0 radical (unpaired) electrons. The molecule has 1 unspecified atom stereocenters. The van der Waals surface area contributed by atoms with Gasteiger partial charge in [0, 0.05) is 13.1 Å². The Kier molecular flexibility index (Phi) is 4.24. The van der Waals surface area contributed by atoms with E-state index in [0.717, 1.165) is 16.4 Å². The van der Waals surface area contributed by atoms with Crippen LogP contribution in [-0.4, -0.2) is 37.8 Å². The predicted molar refractivity (Wildman–Crippen MR) is 72.8 cm³/mol. The molecule has 5 nitrogen and oxygen atoms in total. The van der Waals surface area contributed by atoms with Crippen LogP contribution < -0.4 is 5.32 Å². The Balaban J connectivity index is 2.51. The lowest BCUT2D eigenvalue weighted by Gasteiger charge is -2.32. The first-order valence-electron chi connectivity index (χ1n) is 5.70. The molecular weight excluding hydrogens is 330 g/mol. The molecule has 0 saturated carbocycles. The summed E-state index contributed by atoms with van der Waals surface area (Å²) in [6.07, 6.45) is 0. The number of amides is 1. The van der Waals surface area contributed by atoms with Crippen LogP contribution in [-0.2, 0) is 14.8 Å². The molecule has 0 aliphatic carbocycles. The van der Waals surface area contributed by atoms with Crippen molar-refractivity contribution < 1.29 is 17.6 Å². The van der Waals surface area contributed by atoms with Gasteiger partial charge in [-0.3, -0.25) is 4.79 Å². The Morgan fingerprint density at radius 1 is 1.40 bits per heavy atom. The quantitative estimate of drug-likeness (QED) is 0.832. The molecule has 9 heteroatoms. The standard InChI is InChI=1S/C11H11Cl2FN2O3S/c1-6-11(17)15-4-5-16(6)20(18,19)8-3-2-7(12)10(14)9(8)13/h2-3,6H,4-5H2,1H3,(H,15,17). The molecule has 1 N–H and O–H groups in total. The highest BCUT2D eigenvalue weighted by molar-refractivity contribution is 7.89. The van der Waals surface area contributed by atoms with Crippen LogP contribution in [0.2, 0.25) is 10.0 Å². The van der Waals surface area contributed by atoms with Crippen molar-refractivity contribution in [3.8, 4) is 0 Å². The number of halogens is 3. The van der Waals surface area contributed by atoms with Gasteiger partial charge in [-0.25, -0.2) is 12.8 Å². The van der Waals surface area contributed by atoms with Gasteiger partial charge in [0.1, 0.15) is 10.9 Å². The van der Waals surface area contributed by atoms with E-state index in [9.17, 15) is 17.6 Å². The van der Waals surface area contributed by atoms with Crippen LogP contribution in [0.3, 0.4) is 0 Å². The van der Waals surface area contributed by atoms with Crippen molar-refractivity contribution in [3.05, 3.63) is 28.0 Å². The summed E-state index contributed by atoms with van der Waals surface area (Å²) in [7, 11) is -4.07. The van der Waals surface area contributed by atoms with Crippen LogP contribution >= 0.6 is 23.2 Å². The van der Waals surface area contributed by atoms with Crippen LogP contribution in [0.25, 0.3) is 0 Å². The minimum atomic E-state index is -4.07. The van der Waals surface area contributed by atoms with Crippen molar-refractivity contribution in [2.24, 2.45) is 0 Å². The lowest BCUT2D eigenvalue weighted by Crippen LogP contribution is -2.55. The van der Waals surface area contributed by atoms with E-state index in [-0.39, 0.29) is 18.1 Å². The number of hydrogen-bond donors (Lipinski definition) is 1. The van der Waals surface area contributed by atoms with Crippen molar-refractivity contribution in [2.45, 2.75) is 17.9 Å². The Labute approximate surface area is 125 Å². The molecule has 110 valence electrons. The van der Waals surface area contributed by atoms with E-state index in [2.05, 4.69) is 5.32 Å². The SMILES string of the molecule is CC1C(=O)NCCN1S(=O)(=O)c1ccc(Cl)c(F)c1Cl. The largest absolute Gasteiger partial charge is 0.353 e. The van der Waals surface area contributed by atoms with Gasteiger partial charge in [-0.15, -0.1) is 0 Å². The first-order chi connectivity index (χ1) is 9.26. The van der Waals surface area contributed by atoms with Crippen LogP contribution in [0.4, 0.5) is 4.39 Å². The van der Waals surface area contributed by atoms with Crippen molar-refractivity contribution in [1.29, 1.82) is 0 Å². The third kappa shape index (κ3) is 2.50. The number of sulfonamides is 1. The molecule has 2 rings (SSSR count). The van der Waals surface area contributed by atoms with Gasteiger partial charge < -0.3 is 5.32 Å². The van der Waals surface area contributed by atoms with E-state index in [0.29, 0.717) is 0 Å². The molecule has 1 aliphatic heterocycles. The third-order valence-electron chi connectivity index (χ3n) is 3.03. The summed E-state index contributed by atoms with van der Waals surface area (Å²) >= 11 is 11.3. The fourth-order valence-corrected chi connectivity index (χ4v) is 4.24. The molecule has 0 spiro atoms. The molecule has 0 aromatic heterocycles.